The van der Waals surface area contributed by atoms with E-state index in [-0.39, 0.29) is 35.7 Å². The molecule has 2 aromatic rings. The molecule has 0 aromatic heterocycles. The Morgan fingerprint density at radius 1 is 0.756 bits per heavy atom. The number of ether oxygens (including phenoxy) is 5. The van der Waals surface area contributed by atoms with Crippen LogP contribution in [0, 0.1) is 17.8 Å². The average Bonchev–Trinajstić information content (AvgIpc) is 3.41. The molecule has 4 unspecified atom stereocenters. The van der Waals surface area contributed by atoms with Crippen molar-refractivity contribution >= 4 is 18.7 Å². The summed E-state index contributed by atoms with van der Waals surface area (Å²) in [6.07, 6.45) is -2.94. The van der Waals surface area contributed by atoms with E-state index >= 15 is 0 Å². The highest BCUT2D eigenvalue weighted by atomic mass is 28.4. The highest BCUT2D eigenvalue weighted by molar-refractivity contribution is 6.99. The van der Waals surface area contributed by atoms with E-state index in [0.717, 1.165) is 0 Å². The van der Waals surface area contributed by atoms with Crippen LogP contribution in [0.3, 0.4) is 0 Å². The number of hydrogen-bond acceptors (Lipinski definition) is 7. The van der Waals surface area contributed by atoms with E-state index in [0.29, 0.717) is 12.5 Å². The number of hydrogen-bond donors (Lipinski definition) is 1. The minimum absolute atomic E-state index is 0.114. The number of aliphatic hydroxyl groups is 1. The van der Waals surface area contributed by atoms with E-state index in [4.69, 9.17) is 28.1 Å². The molecule has 5 rings (SSSR count). The van der Waals surface area contributed by atoms with Crippen LogP contribution in [0.1, 0.15) is 55.4 Å². The first kappa shape index (κ1) is 30.8. The second-order valence-electron chi connectivity index (χ2n) is 13.6. The molecule has 3 aliphatic heterocycles. The fourth-order valence-corrected chi connectivity index (χ4v) is 11.4. The summed E-state index contributed by atoms with van der Waals surface area (Å²) in [4.78, 5) is 0. The zero-order valence-corrected chi connectivity index (χ0v) is 26.8. The largest absolute Gasteiger partial charge is 0.405 e. The van der Waals surface area contributed by atoms with Crippen LogP contribution in [0.4, 0.5) is 0 Å². The van der Waals surface area contributed by atoms with Gasteiger partial charge in [0.15, 0.2) is 18.4 Å². The second-order valence-corrected chi connectivity index (χ2v) is 17.9. The predicted octanol–water partition coefficient (Wildman–Crippen LogP) is 4.45. The Balaban J connectivity index is 1.34. The van der Waals surface area contributed by atoms with E-state index in [1.807, 2.05) is 13.8 Å². The number of aliphatic hydroxyl groups excluding tert-OH is 1. The molecular formula is C33H48O7Si. The summed E-state index contributed by atoms with van der Waals surface area (Å²) in [5, 5.41) is 12.8. The Kier molecular flexibility index (Phi) is 8.88. The Morgan fingerprint density at radius 3 is 1.88 bits per heavy atom. The lowest BCUT2D eigenvalue weighted by Gasteiger charge is -2.47. The molecule has 3 heterocycles. The lowest BCUT2D eigenvalue weighted by atomic mass is 9.79. The highest BCUT2D eigenvalue weighted by Crippen LogP contribution is 2.41. The number of rotatable bonds is 8. The van der Waals surface area contributed by atoms with Gasteiger partial charge in [0.2, 0.25) is 0 Å². The van der Waals surface area contributed by atoms with Crippen LogP contribution < -0.4 is 10.4 Å². The van der Waals surface area contributed by atoms with Crippen molar-refractivity contribution in [2.24, 2.45) is 17.8 Å². The normalized spacial score (nSPS) is 35.4. The van der Waals surface area contributed by atoms with E-state index < -0.39 is 38.9 Å². The molecule has 1 N–H and O–H groups in total. The molecule has 0 amide bonds. The molecule has 0 spiro atoms. The van der Waals surface area contributed by atoms with Crippen LogP contribution in [0.5, 0.6) is 0 Å². The third-order valence-corrected chi connectivity index (χ3v) is 14.4. The Morgan fingerprint density at radius 2 is 1.32 bits per heavy atom. The molecule has 226 valence electrons. The molecule has 8 heteroatoms. The smallest absolute Gasteiger partial charge is 0.261 e. The standard InChI is InChI=1S/C33H48O7Si/c1-21-22(2)26(38-31(23(21)3)35-19-27-28-29(30(34)37-27)40-33(7,8)39-28)20-36-41(32(4,5)6,24-15-11-9-12-16-24)25-17-13-10-14-18-25/h9-18,21-23,26-31,34H,19-20H2,1-8H3/t21-,22+,23?,26?,27+,28+,29?,30?,31-/m0/s1. The van der Waals surface area contributed by atoms with Crippen LogP contribution in [-0.2, 0) is 28.1 Å². The molecule has 3 aliphatic rings. The van der Waals surface area contributed by atoms with Crippen LogP contribution >= 0.6 is 0 Å². The van der Waals surface area contributed by atoms with Gasteiger partial charge >= 0.3 is 0 Å². The average molecular weight is 585 g/mol. The summed E-state index contributed by atoms with van der Waals surface area (Å²) in [6, 6.07) is 21.4. The van der Waals surface area contributed by atoms with Gasteiger partial charge in [0.25, 0.3) is 8.32 Å². The second kappa shape index (κ2) is 11.8. The topological polar surface area (TPSA) is 75.6 Å². The van der Waals surface area contributed by atoms with Gasteiger partial charge in [-0.05, 0) is 41.1 Å². The molecule has 41 heavy (non-hydrogen) atoms. The Bertz CT molecular complexity index is 1100. The molecule has 2 aromatic carbocycles. The first-order valence-electron chi connectivity index (χ1n) is 15.1. The lowest BCUT2D eigenvalue weighted by Crippen LogP contribution is -2.67. The molecule has 3 fully saturated rings. The molecule has 7 nitrogen and oxygen atoms in total. The number of fused-ring (bicyclic) bond motifs is 1. The quantitative estimate of drug-likeness (QED) is 0.460. The summed E-state index contributed by atoms with van der Waals surface area (Å²) < 4.78 is 37.9. The van der Waals surface area contributed by atoms with Crippen LogP contribution in [-0.4, -0.2) is 69.4 Å². The van der Waals surface area contributed by atoms with Gasteiger partial charge in [0.05, 0.1) is 19.3 Å². The molecular weight excluding hydrogens is 536 g/mol. The van der Waals surface area contributed by atoms with Crippen molar-refractivity contribution in [2.75, 3.05) is 13.2 Å². The SMILES string of the molecule is CC1[C@@H](OC[C@H]2OC(O)C3OC(C)(C)O[C@@H]32)OC(CO[Si](c2ccccc2)(c2ccccc2)C(C)(C)C)[C@H](C)[C@@H]1C. The highest BCUT2D eigenvalue weighted by Gasteiger charge is 2.55. The van der Waals surface area contributed by atoms with E-state index in [9.17, 15) is 5.11 Å². The summed E-state index contributed by atoms with van der Waals surface area (Å²) in [5.41, 5.74) is 0. The van der Waals surface area contributed by atoms with E-state index in [2.05, 4.69) is 102 Å². The van der Waals surface area contributed by atoms with E-state index in [1.54, 1.807) is 0 Å². The zero-order chi connectivity index (χ0) is 29.6. The molecule has 3 saturated heterocycles. The number of benzene rings is 2. The molecule has 9 atom stereocenters. The third-order valence-electron chi connectivity index (χ3n) is 9.41. The predicted molar refractivity (Wildman–Crippen MR) is 160 cm³/mol. The molecule has 0 aliphatic carbocycles. The monoisotopic (exact) mass is 584 g/mol. The van der Waals surface area contributed by atoms with Crippen LogP contribution in [0.2, 0.25) is 5.04 Å². The van der Waals surface area contributed by atoms with Crippen LogP contribution in [0.25, 0.3) is 0 Å². The van der Waals surface area contributed by atoms with Crippen molar-refractivity contribution in [2.45, 2.75) is 103 Å². The Hall–Kier alpha value is -1.62. The maximum absolute atomic E-state index is 10.4. The van der Waals surface area contributed by atoms with Gasteiger partial charge in [-0.25, -0.2) is 0 Å². The van der Waals surface area contributed by atoms with Crippen LogP contribution in [0.15, 0.2) is 60.7 Å². The third kappa shape index (κ3) is 5.95. The molecule has 0 bridgehead atoms. The van der Waals surface area contributed by atoms with Crippen molar-refractivity contribution in [3.05, 3.63) is 60.7 Å². The van der Waals surface area contributed by atoms with E-state index in [1.165, 1.54) is 10.4 Å². The lowest BCUT2D eigenvalue weighted by molar-refractivity contribution is -0.271. The fourth-order valence-electron chi connectivity index (χ4n) is 6.82. The van der Waals surface area contributed by atoms with Gasteiger partial charge in [0, 0.05) is 5.92 Å². The van der Waals surface area contributed by atoms with Gasteiger partial charge < -0.3 is 33.2 Å². The maximum Gasteiger partial charge on any atom is 0.261 e. The first-order chi connectivity index (χ1) is 19.3. The summed E-state index contributed by atoms with van der Waals surface area (Å²) in [7, 11) is -2.70. The first-order valence-corrected chi connectivity index (χ1v) is 17.0. The van der Waals surface area contributed by atoms with Crippen molar-refractivity contribution < 1.29 is 33.2 Å². The minimum Gasteiger partial charge on any atom is -0.405 e. The van der Waals surface area contributed by atoms with Crippen molar-refractivity contribution in [3.8, 4) is 0 Å². The van der Waals surface area contributed by atoms with Gasteiger partial charge in [-0.15, -0.1) is 0 Å². The maximum atomic E-state index is 10.4. The fraction of sp³-hybridized carbons (Fsp3) is 0.636. The molecule has 0 saturated carbocycles. The Labute approximate surface area is 246 Å². The minimum atomic E-state index is -2.70. The van der Waals surface area contributed by atoms with Crippen molar-refractivity contribution in [1.82, 2.24) is 0 Å². The van der Waals surface area contributed by atoms with Gasteiger partial charge in [-0.1, -0.05) is 102 Å². The van der Waals surface area contributed by atoms with Crippen molar-refractivity contribution in [1.29, 1.82) is 0 Å². The summed E-state index contributed by atoms with van der Waals surface area (Å²) in [6.45, 7) is 18.0. The summed E-state index contributed by atoms with van der Waals surface area (Å²) in [5.74, 6) is 0.0486. The van der Waals surface area contributed by atoms with Gasteiger partial charge in [-0.2, -0.15) is 0 Å². The molecule has 0 radical (unpaired) electrons. The van der Waals surface area contributed by atoms with Gasteiger partial charge in [0.1, 0.15) is 18.3 Å². The van der Waals surface area contributed by atoms with Crippen molar-refractivity contribution in [3.63, 3.8) is 0 Å². The zero-order valence-electron chi connectivity index (χ0n) is 25.8. The summed E-state index contributed by atoms with van der Waals surface area (Å²) >= 11 is 0. The van der Waals surface area contributed by atoms with Gasteiger partial charge in [-0.3, -0.25) is 0 Å².